The fourth-order valence-electron chi connectivity index (χ4n) is 3.13. The number of hydrogen-bond donors (Lipinski definition) is 1. The molecule has 1 aromatic rings. The van der Waals surface area contributed by atoms with Crippen LogP contribution in [-0.2, 0) is 6.54 Å². The van der Waals surface area contributed by atoms with Gasteiger partial charge < -0.3 is 5.32 Å². The Morgan fingerprint density at radius 1 is 1.29 bits per heavy atom. The van der Waals surface area contributed by atoms with Crippen molar-refractivity contribution in [2.24, 2.45) is 0 Å². The molecule has 4 heteroatoms. The Labute approximate surface area is 129 Å². The van der Waals surface area contributed by atoms with Crippen molar-refractivity contribution >= 4 is 5.82 Å². The summed E-state index contributed by atoms with van der Waals surface area (Å²) in [6.45, 7) is 13.4. The average molecular weight is 290 g/mol. The highest BCUT2D eigenvalue weighted by Gasteiger charge is 2.25. The number of rotatable bonds is 8. The maximum atomic E-state index is 4.50. The first kappa shape index (κ1) is 16.2. The van der Waals surface area contributed by atoms with Gasteiger partial charge in [0.1, 0.15) is 5.82 Å². The average Bonchev–Trinajstić information content (AvgIpc) is 2.96. The largest absolute Gasteiger partial charge is 0.370 e. The summed E-state index contributed by atoms with van der Waals surface area (Å²) in [4.78, 5) is 9.63. The molecule has 1 aliphatic heterocycles. The van der Waals surface area contributed by atoms with Crippen molar-refractivity contribution in [3.63, 3.8) is 0 Å². The Bertz CT molecular complexity index is 400. The van der Waals surface area contributed by atoms with Gasteiger partial charge >= 0.3 is 0 Å². The van der Waals surface area contributed by atoms with E-state index in [1.54, 1.807) is 0 Å². The topological polar surface area (TPSA) is 31.4 Å². The Hall–Kier alpha value is -1.13. The number of anilines is 1. The molecular weight excluding hydrogens is 260 g/mol. The van der Waals surface area contributed by atoms with E-state index in [4.69, 9.17) is 0 Å². The summed E-state index contributed by atoms with van der Waals surface area (Å²) in [6.07, 6.45) is 4.44. The summed E-state index contributed by atoms with van der Waals surface area (Å²) >= 11 is 0. The van der Waals surface area contributed by atoms with E-state index < -0.39 is 0 Å². The van der Waals surface area contributed by atoms with Crippen molar-refractivity contribution in [3.05, 3.63) is 23.9 Å². The summed E-state index contributed by atoms with van der Waals surface area (Å²) in [7, 11) is 0. The third-order valence-corrected chi connectivity index (χ3v) is 4.36. The van der Waals surface area contributed by atoms with Gasteiger partial charge in [0.05, 0.1) is 0 Å². The number of nitrogens with one attached hydrogen (secondary N) is 1. The van der Waals surface area contributed by atoms with E-state index in [0.29, 0.717) is 0 Å². The molecule has 1 aromatic heterocycles. The summed E-state index contributed by atoms with van der Waals surface area (Å²) in [6, 6.07) is 5.04. The predicted molar refractivity (Wildman–Crippen MR) is 89.6 cm³/mol. The zero-order valence-electron chi connectivity index (χ0n) is 13.8. The van der Waals surface area contributed by atoms with Gasteiger partial charge in [0.15, 0.2) is 0 Å². The van der Waals surface area contributed by atoms with E-state index in [-0.39, 0.29) is 0 Å². The zero-order chi connectivity index (χ0) is 15.1. The maximum absolute atomic E-state index is 4.50. The third kappa shape index (κ3) is 4.68. The van der Waals surface area contributed by atoms with Gasteiger partial charge in [-0.15, -0.1) is 0 Å². The first-order valence-electron chi connectivity index (χ1n) is 8.42. The van der Waals surface area contributed by atoms with Crippen LogP contribution in [0.2, 0.25) is 0 Å². The molecule has 4 nitrogen and oxygen atoms in total. The van der Waals surface area contributed by atoms with Crippen LogP contribution in [0.5, 0.6) is 0 Å². The highest BCUT2D eigenvalue weighted by molar-refractivity contribution is 5.35. The minimum Gasteiger partial charge on any atom is -0.370 e. The van der Waals surface area contributed by atoms with Gasteiger partial charge in [-0.1, -0.05) is 26.8 Å². The SMILES string of the molecule is CCCNc1ccc(CN2CCC(N(CC)CC)C2)cn1. The lowest BCUT2D eigenvalue weighted by Gasteiger charge is -2.26. The van der Waals surface area contributed by atoms with Crippen molar-refractivity contribution in [2.75, 3.05) is 38.0 Å². The molecule has 1 fully saturated rings. The van der Waals surface area contributed by atoms with E-state index in [1.807, 2.05) is 6.20 Å². The van der Waals surface area contributed by atoms with E-state index in [1.165, 1.54) is 25.1 Å². The highest BCUT2D eigenvalue weighted by atomic mass is 15.2. The zero-order valence-corrected chi connectivity index (χ0v) is 13.8. The number of aromatic nitrogens is 1. The molecule has 0 radical (unpaired) electrons. The van der Waals surface area contributed by atoms with Crippen LogP contribution >= 0.6 is 0 Å². The summed E-state index contributed by atoms with van der Waals surface area (Å²) in [5, 5.41) is 3.32. The van der Waals surface area contributed by atoms with E-state index in [9.17, 15) is 0 Å². The normalized spacial score (nSPS) is 19.3. The predicted octanol–water partition coefficient (Wildman–Crippen LogP) is 2.82. The number of likely N-dealkylation sites (tertiary alicyclic amines) is 1. The van der Waals surface area contributed by atoms with Crippen molar-refractivity contribution < 1.29 is 0 Å². The second kappa shape index (κ2) is 8.35. The number of hydrogen-bond acceptors (Lipinski definition) is 4. The number of pyridine rings is 1. The molecule has 1 unspecified atom stereocenters. The van der Waals surface area contributed by atoms with Crippen LogP contribution in [-0.4, -0.2) is 53.5 Å². The van der Waals surface area contributed by atoms with E-state index in [0.717, 1.165) is 44.5 Å². The molecule has 1 saturated heterocycles. The monoisotopic (exact) mass is 290 g/mol. The van der Waals surface area contributed by atoms with Crippen LogP contribution in [0.25, 0.3) is 0 Å². The summed E-state index contributed by atoms with van der Waals surface area (Å²) in [5.41, 5.74) is 1.32. The molecule has 0 aromatic carbocycles. The summed E-state index contributed by atoms with van der Waals surface area (Å²) < 4.78 is 0. The van der Waals surface area contributed by atoms with Gasteiger partial charge in [0.25, 0.3) is 0 Å². The molecule has 0 spiro atoms. The molecular formula is C17H30N4. The third-order valence-electron chi connectivity index (χ3n) is 4.36. The maximum Gasteiger partial charge on any atom is 0.125 e. The molecule has 2 rings (SSSR count). The van der Waals surface area contributed by atoms with Gasteiger partial charge in [0.2, 0.25) is 0 Å². The lowest BCUT2D eigenvalue weighted by atomic mass is 10.2. The van der Waals surface area contributed by atoms with Crippen molar-refractivity contribution in [1.82, 2.24) is 14.8 Å². The quantitative estimate of drug-likeness (QED) is 0.798. The molecule has 0 amide bonds. The second-order valence-corrected chi connectivity index (χ2v) is 5.88. The van der Waals surface area contributed by atoms with Gasteiger partial charge in [0, 0.05) is 38.4 Å². The fraction of sp³-hybridized carbons (Fsp3) is 0.706. The van der Waals surface area contributed by atoms with Crippen LogP contribution in [0, 0.1) is 0 Å². The molecule has 1 aliphatic rings. The van der Waals surface area contributed by atoms with Gasteiger partial charge in [-0.2, -0.15) is 0 Å². The van der Waals surface area contributed by atoms with Crippen LogP contribution in [0.4, 0.5) is 5.82 Å². The second-order valence-electron chi connectivity index (χ2n) is 5.88. The molecule has 1 atom stereocenters. The Morgan fingerprint density at radius 3 is 2.71 bits per heavy atom. The first-order valence-corrected chi connectivity index (χ1v) is 8.42. The van der Waals surface area contributed by atoms with Crippen LogP contribution in [0.15, 0.2) is 18.3 Å². The van der Waals surface area contributed by atoms with E-state index in [2.05, 4.69) is 53.0 Å². The Kier molecular flexibility index (Phi) is 6.46. The molecule has 0 saturated carbocycles. The Balaban J connectivity index is 1.82. The van der Waals surface area contributed by atoms with Gasteiger partial charge in [-0.25, -0.2) is 4.98 Å². The first-order chi connectivity index (χ1) is 10.3. The summed E-state index contributed by atoms with van der Waals surface area (Å²) in [5.74, 6) is 0.989. The van der Waals surface area contributed by atoms with Crippen LogP contribution in [0.1, 0.15) is 39.2 Å². The van der Waals surface area contributed by atoms with Crippen LogP contribution < -0.4 is 5.32 Å². The molecule has 21 heavy (non-hydrogen) atoms. The lowest BCUT2D eigenvalue weighted by Crippen LogP contribution is -2.37. The number of likely N-dealkylation sites (N-methyl/N-ethyl adjacent to an activating group) is 1. The number of nitrogens with zero attached hydrogens (tertiary/aromatic N) is 3. The minimum atomic E-state index is 0.735. The van der Waals surface area contributed by atoms with Crippen molar-refractivity contribution in [1.29, 1.82) is 0 Å². The molecule has 2 heterocycles. The lowest BCUT2D eigenvalue weighted by molar-refractivity contribution is 0.209. The molecule has 0 aliphatic carbocycles. The fourth-order valence-corrected chi connectivity index (χ4v) is 3.13. The van der Waals surface area contributed by atoms with Crippen molar-refractivity contribution in [3.8, 4) is 0 Å². The molecule has 118 valence electrons. The standard InChI is InChI=1S/C17H30N4/c1-4-10-18-17-8-7-15(12-19-17)13-20-11-9-16(14-20)21(5-2)6-3/h7-8,12,16H,4-6,9-11,13-14H2,1-3H3,(H,18,19). The highest BCUT2D eigenvalue weighted by Crippen LogP contribution is 2.18. The van der Waals surface area contributed by atoms with Gasteiger partial charge in [-0.05, 0) is 37.6 Å². The smallest absolute Gasteiger partial charge is 0.125 e. The van der Waals surface area contributed by atoms with Gasteiger partial charge in [-0.3, -0.25) is 9.80 Å². The minimum absolute atomic E-state index is 0.735. The van der Waals surface area contributed by atoms with E-state index >= 15 is 0 Å². The van der Waals surface area contributed by atoms with Crippen LogP contribution in [0.3, 0.4) is 0 Å². The molecule has 0 bridgehead atoms. The molecule has 1 N–H and O–H groups in total. The Morgan fingerprint density at radius 2 is 2.10 bits per heavy atom. The van der Waals surface area contributed by atoms with Crippen molar-refractivity contribution in [2.45, 2.75) is 46.2 Å².